The van der Waals surface area contributed by atoms with Crippen LogP contribution in [0.5, 0.6) is 5.75 Å². The molecule has 5 heteroatoms. The number of aliphatic imine (C=N–C) groups is 1. The summed E-state index contributed by atoms with van der Waals surface area (Å²) in [5.74, 6) is 0.843. The van der Waals surface area contributed by atoms with Crippen molar-refractivity contribution in [3.8, 4) is 5.75 Å². The Bertz CT molecular complexity index is 350. The third kappa shape index (κ3) is 6.22. The van der Waals surface area contributed by atoms with Crippen LogP contribution in [0.3, 0.4) is 0 Å². The number of hydrogen-bond donors (Lipinski definition) is 2. The molecule has 0 bridgehead atoms. The number of ether oxygens (including phenoxy) is 1. The lowest BCUT2D eigenvalue weighted by molar-refractivity contribution is 0.240. The highest BCUT2D eigenvalue weighted by molar-refractivity contribution is 5.59. The Labute approximate surface area is 108 Å². The van der Waals surface area contributed by atoms with E-state index in [0.29, 0.717) is 0 Å². The smallest absolute Gasteiger partial charge is 0.119 e. The minimum Gasteiger partial charge on any atom is -0.494 e. The molecule has 0 saturated carbocycles. The van der Waals surface area contributed by atoms with Gasteiger partial charge in [0.25, 0.3) is 0 Å². The topological polar surface area (TPSA) is 57.1 Å². The van der Waals surface area contributed by atoms with Gasteiger partial charge in [-0.1, -0.05) is 0 Å². The average molecular weight is 251 g/mol. The van der Waals surface area contributed by atoms with E-state index in [-0.39, 0.29) is 0 Å². The molecule has 0 heterocycles. The molecular formula is C13H21N3O2. The van der Waals surface area contributed by atoms with E-state index in [2.05, 4.69) is 24.0 Å². The van der Waals surface area contributed by atoms with Gasteiger partial charge in [0.05, 0.1) is 12.3 Å². The summed E-state index contributed by atoms with van der Waals surface area (Å²) in [6.45, 7) is 1.82. The van der Waals surface area contributed by atoms with Gasteiger partial charge in [-0.2, -0.15) is 0 Å². The van der Waals surface area contributed by atoms with Crippen molar-refractivity contribution >= 4 is 12.0 Å². The van der Waals surface area contributed by atoms with E-state index < -0.39 is 0 Å². The molecule has 0 aliphatic rings. The predicted octanol–water partition coefficient (Wildman–Crippen LogP) is 2.05. The van der Waals surface area contributed by atoms with Crippen molar-refractivity contribution in [2.75, 3.05) is 27.2 Å². The normalized spacial score (nSPS) is 11.1. The number of hydroxylamine groups is 1. The highest BCUT2D eigenvalue weighted by atomic mass is 16.5. The van der Waals surface area contributed by atoms with Gasteiger partial charge in [-0.05, 0) is 57.7 Å². The summed E-state index contributed by atoms with van der Waals surface area (Å²) in [5, 5.41) is 8.36. The fourth-order valence-electron chi connectivity index (χ4n) is 1.45. The van der Waals surface area contributed by atoms with Crippen LogP contribution in [0.15, 0.2) is 29.3 Å². The number of unbranched alkanes of at least 4 members (excludes halogenated alkanes) is 1. The summed E-state index contributed by atoms with van der Waals surface area (Å²) >= 11 is 0. The number of hydrogen-bond acceptors (Lipinski definition) is 4. The second-order valence-electron chi connectivity index (χ2n) is 4.24. The van der Waals surface area contributed by atoms with Crippen molar-refractivity contribution in [2.24, 2.45) is 4.99 Å². The second-order valence-corrected chi connectivity index (χ2v) is 4.24. The van der Waals surface area contributed by atoms with Crippen LogP contribution in [-0.4, -0.2) is 43.7 Å². The van der Waals surface area contributed by atoms with Gasteiger partial charge in [0.15, 0.2) is 0 Å². The standard InChI is InChI=1S/C13H21N3O2/c1-16(2)9-3-4-10-18-13-7-5-12(6-8-13)14-11-15-17/h5-8,11,17H,3-4,9-10H2,1-2H3,(H,14,15). The molecule has 0 radical (unpaired) electrons. The Hall–Kier alpha value is -1.59. The van der Waals surface area contributed by atoms with Gasteiger partial charge >= 0.3 is 0 Å². The quantitative estimate of drug-likeness (QED) is 0.321. The third-order valence-electron chi connectivity index (χ3n) is 2.38. The molecule has 5 nitrogen and oxygen atoms in total. The minimum atomic E-state index is 0.731. The number of nitrogens with one attached hydrogen (secondary N) is 1. The first-order valence-corrected chi connectivity index (χ1v) is 6.02. The summed E-state index contributed by atoms with van der Waals surface area (Å²) < 4.78 is 5.61. The fourth-order valence-corrected chi connectivity index (χ4v) is 1.45. The highest BCUT2D eigenvalue weighted by Crippen LogP contribution is 2.17. The zero-order valence-corrected chi connectivity index (χ0v) is 11.0. The summed E-state index contributed by atoms with van der Waals surface area (Å²) in [6.07, 6.45) is 3.40. The van der Waals surface area contributed by atoms with Gasteiger partial charge in [0.1, 0.15) is 12.1 Å². The lowest BCUT2D eigenvalue weighted by atomic mass is 10.3. The van der Waals surface area contributed by atoms with Crippen LogP contribution in [0.2, 0.25) is 0 Å². The number of nitrogens with zero attached hydrogens (tertiary/aromatic N) is 2. The molecule has 100 valence electrons. The van der Waals surface area contributed by atoms with Gasteiger partial charge in [-0.3, -0.25) is 10.7 Å². The molecule has 0 aromatic heterocycles. The predicted molar refractivity (Wildman–Crippen MR) is 72.8 cm³/mol. The van der Waals surface area contributed by atoms with Crippen LogP contribution in [0.25, 0.3) is 0 Å². The van der Waals surface area contributed by atoms with Crippen molar-refractivity contribution < 1.29 is 9.94 Å². The maximum atomic E-state index is 8.36. The van der Waals surface area contributed by atoms with Gasteiger partial charge in [0, 0.05) is 0 Å². The molecule has 18 heavy (non-hydrogen) atoms. The van der Waals surface area contributed by atoms with Gasteiger partial charge in [-0.15, -0.1) is 0 Å². The van der Waals surface area contributed by atoms with Gasteiger partial charge in [-0.25, -0.2) is 4.99 Å². The summed E-state index contributed by atoms with van der Waals surface area (Å²) in [7, 11) is 4.14. The molecule has 0 spiro atoms. The molecule has 1 aromatic rings. The molecule has 0 atom stereocenters. The van der Waals surface area contributed by atoms with E-state index >= 15 is 0 Å². The highest BCUT2D eigenvalue weighted by Gasteiger charge is 1.95. The Morgan fingerprint density at radius 3 is 2.61 bits per heavy atom. The van der Waals surface area contributed by atoms with Gasteiger partial charge in [0.2, 0.25) is 0 Å². The molecule has 2 N–H and O–H groups in total. The van der Waals surface area contributed by atoms with E-state index in [4.69, 9.17) is 9.94 Å². The molecule has 0 amide bonds. The fraction of sp³-hybridized carbons (Fsp3) is 0.462. The molecule has 0 aliphatic carbocycles. The van der Waals surface area contributed by atoms with Crippen LogP contribution in [-0.2, 0) is 0 Å². The molecule has 1 rings (SSSR count). The first-order chi connectivity index (χ1) is 8.72. The first-order valence-electron chi connectivity index (χ1n) is 6.02. The maximum Gasteiger partial charge on any atom is 0.119 e. The molecular weight excluding hydrogens is 230 g/mol. The van der Waals surface area contributed by atoms with E-state index in [1.807, 2.05) is 29.7 Å². The Morgan fingerprint density at radius 2 is 2.00 bits per heavy atom. The lowest BCUT2D eigenvalue weighted by Crippen LogP contribution is -2.13. The molecule has 0 fully saturated rings. The zero-order chi connectivity index (χ0) is 13.2. The van der Waals surface area contributed by atoms with E-state index in [1.165, 1.54) is 6.34 Å². The summed E-state index contributed by atoms with van der Waals surface area (Å²) in [6, 6.07) is 7.41. The van der Waals surface area contributed by atoms with Crippen LogP contribution in [0.4, 0.5) is 5.69 Å². The third-order valence-corrected chi connectivity index (χ3v) is 2.38. The van der Waals surface area contributed by atoms with E-state index in [0.717, 1.165) is 37.4 Å². The second kappa shape index (κ2) is 8.49. The van der Waals surface area contributed by atoms with Crippen molar-refractivity contribution in [3.05, 3.63) is 24.3 Å². The number of benzene rings is 1. The largest absolute Gasteiger partial charge is 0.494 e. The van der Waals surface area contributed by atoms with Crippen molar-refractivity contribution in [2.45, 2.75) is 12.8 Å². The Morgan fingerprint density at radius 1 is 1.28 bits per heavy atom. The maximum absolute atomic E-state index is 8.36. The van der Waals surface area contributed by atoms with E-state index in [1.54, 1.807) is 0 Å². The lowest BCUT2D eigenvalue weighted by Gasteiger charge is -2.09. The molecule has 0 aliphatic heterocycles. The summed E-state index contributed by atoms with van der Waals surface area (Å²) in [5.41, 5.74) is 2.62. The number of rotatable bonds is 8. The molecule has 0 unspecified atom stereocenters. The van der Waals surface area contributed by atoms with Crippen LogP contribution in [0, 0.1) is 0 Å². The monoisotopic (exact) mass is 251 g/mol. The van der Waals surface area contributed by atoms with Crippen molar-refractivity contribution in [1.82, 2.24) is 10.4 Å². The molecule has 0 saturated heterocycles. The SMILES string of the molecule is CN(C)CCCCOc1ccc(N=CNO)cc1. The Kier molecular flexibility index (Phi) is 6.83. The summed E-state index contributed by atoms with van der Waals surface area (Å²) in [4.78, 5) is 6.12. The van der Waals surface area contributed by atoms with Crippen molar-refractivity contribution in [3.63, 3.8) is 0 Å². The first kappa shape index (κ1) is 14.5. The van der Waals surface area contributed by atoms with Crippen LogP contribution < -0.4 is 10.2 Å². The molecule has 1 aromatic carbocycles. The minimum absolute atomic E-state index is 0.731. The zero-order valence-electron chi connectivity index (χ0n) is 11.0. The van der Waals surface area contributed by atoms with Crippen LogP contribution >= 0.6 is 0 Å². The van der Waals surface area contributed by atoms with Gasteiger partial charge < -0.3 is 9.64 Å². The average Bonchev–Trinajstić information content (AvgIpc) is 2.37. The van der Waals surface area contributed by atoms with Crippen molar-refractivity contribution in [1.29, 1.82) is 0 Å². The van der Waals surface area contributed by atoms with Crippen LogP contribution in [0.1, 0.15) is 12.8 Å². The van der Waals surface area contributed by atoms with E-state index in [9.17, 15) is 0 Å². The Balaban J connectivity index is 2.24.